The monoisotopic (exact) mass is 244 g/mol. The Kier molecular flexibility index (Phi) is 2.73. The van der Waals surface area contributed by atoms with Gasteiger partial charge in [-0.15, -0.1) is 0 Å². The molecule has 0 saturated carbocycles. The quantitative estimate of drug-likeness (QED) is 0.739. The molecular weight excluding hydrogens is 229 g/mol. The Balaban J connectivity index is 2.19. The van der Waals surface area contributed by atoms with Crippen molar-refractivity contribution in [3.8, 4) is 0 Å². The number of alkyl halides is 3. The Labute approximate surface area is 98.6 Å². The molecule has 0 radical (unpaired) electrons. The molecule has 1 aromatic carbocycles. The second-order valence-corrected chi connectivity index (χ2v) is 5.21. The smallest absolute Gasteiger partial charge is 0.360 e. The molecule has 1 aliphatic rings. The van der Waals surface area contributed by atoms with Crippen LogP contribution in [0.5, 0.6) is 0 Å². The Bertz CT molecular complexity index is 391. The van der Waals surface area contributed by atoms with Crippen LogP contribution in [0.1, 0.15) is 25.8 Å². The summed E-state index contributed by atoms with van der Waals surface area (Å²) in [5.74, 6) is 0. The number of hydrogen-bond donors (Lipinski definition) is 0. The summed E-state index contributed by atoms with van der Waals surface area (Å²) in [4.78, 5) is 0. The number of hydrogen-bond acceptors (Lipinski definition) is 1. The summed E-state index contributed by atoms with van der Waals surface area (Å²) in [6, 6.07) is 9.24. The van der Waals surface area contributed by atoms with Gasteiger partial charge in [0, 0.05) is 0 Å². The van der Waals surface area contributed by atoms with Crippen LogP contribution in [0.3, 0.4) is 0 Å². The molecule has 17 heavy (non-hydrogen) atoms. The highest BCUT2D eigenvalue weighted by molar-refractivity contribution is 5.25. The summed E-state index contributed by atoms with van der Waals surface area (Å²) in [5, 5.41) is 0. The van der Waals surface area contributed by atoms with E-state index in [1.54, 1.807) is 0 Å². The van der Waals surface area contributed by atoms with Gasteiger partial charge in [-0.25, -0.2) is 0 Å². The van der Waals surface area contributed by atoms with Crippen LogP contribution < -0.4 is 0 Å². The van der Waals surface area contributed by atoms with Crippen LogP contribution >= 0.6 is 0 Å². The minimum absolute atomic E-state index is 0.0342. The van der Waals surface area contributed by atoms with Crippen molar-refractivity contribution < 1.29 is 17.9 Å². The lowest BCUT2D eigenvalue weighted by Crippen LogP contribution is -2.38. The standard InChI is InChI=1S/C13H15F3O/c1-11(2,10-6-4-3-5-7-10)8-12(9-17-12)13(14,15)16/h3-7H,8-9H2,1-2H3. The van der Waals surface area contributed by atoms with Crippen molar-refractivity contribution in [1.29, 1.82) is 0 Å². The van der Waals surface area contributed by atoms with Gasteiger partial charge in [0.15, 0.2) is 5.60 Å². The van der Waals surface area contributed by atoms with Crippen molar-refractivity contribution in [2.45, 2.75) is 37.5 Å². The van der Waals surface area contributed by atoms with Crippen molar-refractivity contribution in [3.63, 3.8) is 0 Å². The molecule has 2 rings (SSSR count). The maximum Gasteiger partial charge on any atom is 0.419 e. The lowest BCUT2D eigenvalue weighted by Gasteiger charge is -2.29. The zero-order valence-electron chi connectivity index (χ0n) is 9.84. The van der Waals surface area contributed by atoms with E-state index in [4.69, 9.17) is 4.74 Å². The third kappa shape index (κ3) is 2.32. The molecular formula is C13H15F3O. The molecule has 1 unspecified atom stereocenters. The normalized spacial score (nSPS) is 24.8. The summed E-state index contributed by atoms with van der Waals surface area (Å²) in [5.41, 5.74) is -1.57. The van der Waals surface area contributed by atoms with Crippen molar-refractivity contribution in [1.82, 2.24) is 0 Å². The predicted octanol–water partition coefficient (Wildman–Crippen LogP) is 3.69. The van der Waals surface area contributed by atoms with Gasteiger partial charge in [0.25, 0.3) is 0 Å². The van der Waals surface area contributed by atoms with Crippen molar-refractivity contribution in [2.75, 3.05) is 6.61 Å². The number of halogens is 3. The molecule has 1 atom stereocenters. The number of epoxide rings is 1. The van der Waals surface area contributed by atoms with Gasteiger partial charge < -0.3 is 4.74 Å². The highest BCUT2D eigenvalue weighted by Crippen LogP contribution is 2.50. The summed E-state index contributed by atoms with van der Waals surface area (Å²) < 4.78 is 43.1. The van der Waals surface area contributed by atoms with Gasteiger partial charge in [-0.3, -0.25) is 0 Å². The third-order valence-corrected chi connectivity index (χ3v) is 3.29. The lowest BCUT2D eigenvalue weighted by molar-refractivity contribution is -0.188. The van der Waals surface area contributed by atoms with Crippen LogP contribution in [0.2, 0.25) is 0 Å². The van der Waals surface area contributed by atoms with Gasteiger partial charge in [0.2, 0.25) is 0 Å². The van der Waals surface area contributed by atoms with Crippen LogP contribution in [-0.2, 0) is 10.2 Å². The van der Waals surface area contributed by atoms with Gasteiger partial charge in [0.1, 0.15) is 0 Å². The molecule has 0 aliphatic carbocycles. The summed E-state index contributed by atoms with van der Waals surface area (Å²) >= 11 is 0. The van der Waals surface area contributed by atoms with E-state index in [1.807, 2.05) is 44.2 Å². The Hall–Kier alpha value is -1.03. The Morgan fingerprint density at radius 3 is 2.12 bits per heavy atom. The minimum Gasteiger partial charge on any atom is -0.360 e. The molecule has 0 bridgehead atoms. The third-order valence-electron chi connectivity index (χ3n) is 3.29. The van der Waals surface area contributed by atoms with Gasteiger partial charge >= 0.3 is 6.18 Å². The molecule has 1 fully saturated rings. The van der Waals surface area contributed by atoms with Crippen molar-refractivity contribution in [3.05, 3.63) is 35.9 Å². The van der Waals surface area contributed by atoms with E-state index in [2.05, 4.69) is 0 Å². The van der Waals surface area contributed by atoms with Gasteiger partial charge in [-0.2, -0.15) is 13.2 Å². The topological polar surface area (TPSA) is 12.5 Å². The molecule has 0 spiro atoms. The average molecular weight is 244 g/mol. The minimum atomic E-state index is -4.28. The van der Waals surface area contributed by atoms with Gasteiger partial charge in [-0.1, -0.05) is 44.2 Å². The second kappa shape index (κ2) is 3.73. The maximum atomic E-state index is 12.8. The first-order chi connectivity index (χ1) is 7.77. The zero-order valence-corrected chi connectivity index (χ0v) is 9.84. The van der Waals surface area contributed by atoms with E-state index < -0.39 is 17.2 Å². The van der Waals surface area contributed by atoms with Crippen LogP contribution in [0.4, 0.5) is 13.2 Å². The SMILES string of the molecule is CC(C)(CC1(C(F)(F)F)CO1)c1ccccc1. The molecule has 1 aliphatic heterocycles. The molecule has 1 saturated heterocycles. The van der Waals surface area contributed by atoms with Gasteiger partial charge in [0.05, 0.1) is 6.61 Å². The summed E-state index contributed by atoms with van der Waals surface area (Å²) in [6.45, 7) is 3.42. The zero-order chi connectivity index (χ0) is 12.7. The largest absolute Gasteiger partial charge is 0.419 e. The first-order valence-corrected chi connectivity index (χ1v) is 5.53. The van der Waals surface area contributed by atoms with Crippen LogP contribution in [0, 0.1) is 0 Å². The van der Waals surface area contributed by atoms with Crippen molar-refractivity contribution >= 4 is 0 Å². The first kappa shape index (κ1) is 12.4. The lowest BCUT2D eigenvalue weighted by atomic mass is 9.77. The fourth-order valence-corrected chi connectivity index (χ4v) is 2.16. The first-order valence-electron chi connectivity index (χ1n) is 5.53. The van der Waals surface area contributed by atoms with E-state index in [1.165, 1.54) is 0 Å². The molecule has 1 aromatic rings. The number of rotatable bonds is 3. The van der Waals surface area contributed by atoms with E-state index in [9.17, 15) is 13.2 Å². The number of ether oxygens (including phenoxy) is 1. The van der Waals surface area contributed by atoms with E-state index in [0.717, 1.165) is 5.56 Å². The average Bonchev–Trinajstić information content (AvgIpc) is 2.99. The highest BCUT2D eigenvalue weighted by Gasteiger charge is 2.67. The second-order valence-electron chi connectivity index (χ2n) is 5.21. The molecule has 94 valence electrons. The van der Waals surface area contributed by atoms with Crippen LogP contribution in [-0.4, -0.2) is 18.4 Å². The fourth-order valence-electron chi connectivity index (χ4n) is 2.16. The van der Waals surface area contributed by atoms with Gasteiger partial charge in [-0.05, 0) is 17.4 Å². The summed E-state index contributed by atoms with van der Waals surface area (Å²) in [6.07, 6.45) is -4.31. The summed E-state index contributed by atoms with van der Waals surface area (Å²) in [7, 11) is 0. The molecule has 1 nitrogen and oxygen atoms in total. The predicted molar refractivity (Wildman–Crippen MR) is 58.8 cm³/mol. The molecule has 0 amide bonds. The van der Waals surface area contributed by atoms with E-state index in [0.29, 0.717) is 0 Å². The maximum absolute atomic E-state index is 12.8. The Morgan fingerprint density at radius 1 is 1.18 bits per heavy atom. The Morgan fingerprint density at radius 2 is 1.71 bits per heavy atom. The van der Waals surface area contributed by atoms with E-state index in [-0.39, 0.29) is 13.0 Å². The molecule has 4 heteroatoms. The van der Waals surface area contributed by atoms with Crippen LogP contribution in [0.25, 0.3) is 0 Å². The molecule has 1 heterocycles. The highest BCUT2D eigenvalue weighted by atomic mass is 19.4. The molecule has 0 N–H and O–H groups in total. The molecule has 0 aromatic heterocycles. The fraction of sp³-hybridized carbons (Fsp3) is 0.538. The number of benzene rings is 1. The van der Waals surface area contributed by atoms with Crippen LogP contribution in [0.15, 0.2) is 30.3 Å². The van der Waals surface area contributed by atoms with E-state index >= 15 is 0 Å². The van der Waals surface area contributed by atoms with Crippen molar-refractivity contribution in [2.24, 2.45) is 0 Å².